The number of nitriles is 1. The number of halogens is 1. The molecule has 0 aliphatic rings. The van der Waals surface area contributed by atoms with E-state index in [2.05, 4.69) is 32.1 Å². The lowest BCUT2D eigenvalue weighted by Gasteiger charge is -1.96. The molecule has 0 unspecified atom stereocenters. The maximum atomic E-state index is 9.03. The second-order valence-electron chi connectivity index (χ2n) is 3.72. The monoisotopic (exact) mass is 298 g/mol. The zero-order valence-electron chi connectivity index (χ0n) is 9.21. The van der Waals surface area contributed by atoms with Crippen molar-refractivity contribution in [2.45, 2.75) is 0 Å². The standard InChI is InChI=1S/C13H7BrN4/c14-11-6-2-1-5-10(11)12-16-13-9(8-15)4-3-7-18(13)17-12/h1-7H. The van der Waals surface area contributed by atoms with E-state index in [9.17, 15) is 0 Å². The zero-order valence-corrected chi connectivity index (χ0v) is 10.8. The molecule has 0 saturated heterocycles. The van der Waals surface area contributed by atoms with Gasteiger partial charge in [0.1, 0.15) is 6.07 Å². The Morgan fingerprint density at radius 1 is 1.17 bits per heavy atom. The second-order valence-corrected chi connectivity index (χ2v) is 4.57. The van der Waals surface area contributed by atoms with Crippen LogP contribution in [0.15, 0.2) is 47.1 Å². The number of rotatable bonds is 1. The molecule has 1 aromatic carbocycles. The zero-order chi connectivity index (χ0) is 12.5. The minimum atomic E-state index is 0.517. The fourth-order valence-electron chi connectivity index (χ4n) is 1.75. The molecule has 0 atom stereocenters. The van der Waals surface area contributed by atoms with Gasteiger partial charge in [-0.1, -0.05) is 28.1 Å². The van der Waals surface area contributed by atoms with E-state index in [0.29, 0.717) is 17.0 Å². The highest BCUT2D eigenvalue weighted by atomic mass is 79.9. The molecule has 3 aromatic rings. The van der Waals surface area contributed by atoms with Crippen molar-refractivity contribution in [3.8, 4) is 17.5 Å². The maximum absolute atomic E-state index is 9.03. The Hall–Kier alpha value is -2.19. The number of pyridine rings is 1. The van der Waals surface area contributed by atoms with Crippen LogP contribution < -0.4 is 0 Å². The van der Waals surface area contributed by atoms with Gasteiger partial charge in [0.25, 0.3) is 0 Å². The number of hydrogen-bond donors (Lipinski definition) is 0. The third kappa shape index (κ3) is 1.67. The van der Waals surface area contributed by atoms with E-state index in [1.54, 1.807) is 22.8 Å². The quantitative estimate of drug-likeness (QED) is 0.694. The largest absolute Gasteiger partial charge is 0.219 e. The SMILES string of the molecule is N#Cc1cccn2nc(-c3ccccc3Br)nc12. The van der Waals surface area contributed by atoms with Crippen LogP contribution in [0.2, 0.25) is 0 Å². The molecule has 0 N–H and O–H groups in total. The number of aromatic nitrogens is 3. The van der Waals surface area contributed by atoms with Crippen molar-refractivity contribution >= 4 is 21.6 Å². The summed E-state index contributed by atoms with van der Waals surface area (Å²) in [5.74, 6) is 0.602. The van der Waals surface area contributed by atoms with Crippen molar-refractivity contribution < 1.29 is 0 Å². The molecule has 0 spiro atoms. The summed E-state index contributed by atoms with van der Waals surface area (Å²) in [6.45, 7) is 0. The molecule has 4 nitrogen and oxygen atoms in total. The maximum Gasteiger partial charge on any atom is 0.183 e. The van der Waals surface area contributed by atoms with E-state index in [4.69, 9.17) is 5.26 Å². The average molecular weight is 299 g/mol. The smallest absolute Gasteiger partial charge is 0.183 e. The third-order valence-electron chi connectivity index (χ3n) is 2.60. The molecule has 0 saturated carbocycles. The Morgan fingerprint density at radius 2 is 2.00 bits per heavy atom. The number of nitrogens with zero attached hydrogens (tertiary/aromatic N) is 4. The lowest BCUT2D eigenvalue weighted by Crippen LogP contribution is -1.88. The predicted molar refractivity (Wildman–Crippen MR) is 70.8 cm³/mol. The van der Waals surface area contributed by atoms with Gasteiger partial charge in [-0.15, -0.1) is 5.10 Å². The highest BCUT2D eigenvalue weighted by Crippen LogP contribution is 2.25. The fraction of sp³-hybridized carbons (Fsp3) is 0. The second kappa shape index (κ2) is 4.24. The van der Waals surface area contributed by atoms with Gasteiger partial charge in [-0.05, 0) is 24.3 Å². The molecule has 0 amide bonds. The van der Waals surface area contributed by atoms with E-state index < -0.39 is 0 Å². The summed E-state index contributed by atoms with van der Waals surface area (Å²) in [7, 11) is 0. The molecule has 0 radical (unpaired) electrons. The Bertz CT molecular complexity index is 770. The van der Waals surface area contributed by atoms with Crippen LogP contribution in [0.25, 0.3) is 17.0 Å². The van der Waals surface area contributed by atoms with Crippen molar-refractivity contribution in [1.29, 1.82) is 5.26 Å². The van der Waals surface area contributed by atoms with Crippen LogP contribution in [0, 0.1) is 11.3 Å². The first-order valence-electron chi connectivity index (χ1n) is 5.30. The highest BCUT2D eigenvalue weighted by molar-refractivity contribution is 9.10. The van der Waals surface area contributed by atoms with Gasteiger partial charge in [0.15, 0.2) is 11.5 Å². The van der Waals surface area contributed by atoms with Gasteiger partial charge in [-0.3, -0.25) is 0 Å². The molecule has 5 heteroatoms. The molecular formula is C13H7BrN4. The van der Waals surface area contributed by atoms with E-state index in [-0.39, 0.29) is 0 Å². The molecule has 2 heterocycles. The third-order valence-corrected chi connectivity index (χ3v) is 3.29. The highest BCUT2D eigenvalue weighted by Gasteiger charge is 2.11. The van der Waals surface area contributed by atoms with E-state index in [1.807, 2.05) is 24.3 Å². The van der Waals surface area contributed by atoms with Gasteiger partial charge in [0, 0.05) is 16.2 Å². The topological polar surface area (TPSA) is 54.0 Å². The van der Waals surface area contributed by atoms with Crippen LogP contribution >= 0.6 is 15.9 Å². The lowest BCUT2D eigenvalue weighted by molar-refractivity contribution is 0.963. The molecule has 18 heavy (non-hydrogen) atoms. The summed E-state index contributed by atoms with van der Waals surface area (Å²) >= 11 is 3.47. The molecule has 0 aliphatic heterocycles. The molecule has 0 fully saturated rings. The Labute approximate surface area is 112 Å². The van der Waals surface area contributed by atoms with Gasteiger partial charge in [-0.2, -0.15) is 5.26 Å². The normalized spacial score (nSPS) is 10.4. The predicted octanol–water partition coefficient (Wildman–Crippen LogP) is 3.03. The summed E-state index contributed by atoms with van der Waals surface area (Å²) in [5.41, 5.74) is 2.00. The van der Waals surface area contributed by atoms with E-state index in [0.717, 1.165) is 10.0 Å². The summed E-state index contributed by atoms with van der Waals surface area (Å²) in [6.07, 6.45) is 1.78. The number of hydrogen-bond acceptors (Lipinski definition) is 3. The average Bonchev–Trinajstić information content (AvgIpc) is 2.82. The molecular weight excluding hydrogens is 292 g/mol. The Kier molecular flexibility index (Phi) is 2.58. The van der Waals surface area contributed by atoms with Crippen LogP contribution in [0.5, 0.6) is 0 Å². The van der Waals surface area contributed by atoms with Crippen molar-refractivity contribution in [3.63, 3.8) is 0 Å². The first-order chi connectivity index (χ1) is 8.79. The molecule has 0 aliphatic carbocycles. The summed E-state index contributed by atoms with van der Waals surface area (Å²) < 4.78 is 2.55. The first-order valence-corrected chi connectivity index (χ1v) is 6.09. The van der Waals surface area contributed by atoms with Gasteiger partial charge >= 0.3 is 0 Å². The summed E-state index contributed by atoms with van der Waals surface area (Å²) in [4.78, 5) is 4.41. The van der Waals surface area contributed by atoms with Gasteiger partial charge in [-0.25, -0.2) is 9.50 Å². The molecule has 2 aromatic heterocycles. The van der Waals surface area contributed by atoms with Gasteiger partial charge in [0.05, 0.1) is 5.56 Å². The minimum absolute atomic E-state index is 0.517. The van der Waals surface area contributed by atoms with Crippen molar-refractivity contribution in [2.75, 3.05) is 0 Å². The minimum Gasteiger partial charge on any atom is -0.219 e. The Morgan fingerprint density at radius 3 is 2.78 bits per heavy atom. The summed E-state index contributed by atoms with van der Waals surface area (Å²) in [6, 6.07) is 13.4. The number of fused-ring (bicyclic) bond motifs is 1. The molecule has 3 rings (SSSR count). The first kappa shape index (κ1) is 10.9. The lowest BCUT2D eigenvalue weighted by atomic mass is 10.2. The molecule has 86 valence electrons. The Balaban J connectivity index is 2.27. The van der Waals surface area contributed by atoms with Crippen molar-refractivity contribution in [1.82, 2.24) is 14.6 Å². The fourth-order valence-corrected chi connectivity index (χ4v) is 2.21. The van der Waals surface area contributed by atoms with Gasteiger partial charge in [0.2, 0.25) is 0 Å². The van der Waals surface area contributed by atoms with Crippen LogP contribution in [-0.4, -0.2) is 14.6 Å². The van der Waals surface area contributed by atoms with Crippen LogP contribution in [-0.2, 0) is 0 Å². The van der Waals surface area contributed by atoms with Crippen LogP contribution in [0.4, 0.5) is 0 Å². The van der Waals surface area contributed by atoms with E-state index in [1.165, 1.54) is 0 Å². The van der Waals surface area contributed by atoms with Crippen molar-refractivity contribution in [3.05, 3.63) is 52.6 Å². The van der Waals surface area contributed by atoms with Crippen molar-refractivity contribution in [2.24, 2.45) is 0 Å². The van der Waals surface area contributed by atoms with Gasteiger partial charge < -0.3 is 0 Å². The van der Waals surface area contributed by atoms with E-state index >= 15 is 0 Å². The number of benzene rings is 1. The summed E-state index contributed by atoms with van der Waals surface area (Å²) in [5, 5.41) is 13.4. The van der Waals surface area contributed by atoms with Crippen LogP contribution in [0.3, 0.4) is 0 Å². The van der Waals surface area contributed by atoms with Crippen LogP contribution in [0.1, 0.15) is 5.56 Å². The molecule has 0 bridgehead atoms.